The summed E-state index contributed by atoms with van der Waals surface area (Å²) in [6, 6.07) is 18.7. The molecule has 0 radical (unpaired) electrons. The van der Waals surface area contributed by atoms with Gasteiger partial charge in [0.1, 0.15) is 11.9 Å². The lowest BCUT2D eigenvalue weighted by atomic mass is 10.0. The van der Waals surface area contributed by atoms with Crippen LogP contribution in [-0.2, 0) is 6.42 Å². The van der Waals surface area contributed by atoms with Crippen LogP contribution in [0, 0.1) is 0 Å². The van der Waals surface area contributed by atoms with Crippen LogP contribution in [0.1, 0.15) is 17.2 Å². The van der Waals surface area contributed by atoms with Gasteiger partial charge in [0, 0.05) is 6.42 Å². The lowest BCUT2D eigenvalue weighted by molar-refractivity contribution is 0.211. The molecule has 0 amide bonds. The van der Waals surface area contributed by atoms with Gasteiger partial charge in [-0.2, -0.15) is 0 Å². The standard InChI is InChI=1S/C14H12O/c1-2-4-12(5-3-1)14-10-11-6-8-13(15-14)9-7-11/h1-9,14H,10H2. The Labute approximate surface area is 89.3 Å². The highest BCUT2D eigenvalue weighted by atomic mass is 16.5. The molecule has 74 valence electrons. The third-order valence-corrected chi connectivity index (χ3v) is 2.79. The first-order valence-corrected chi connectivity index (χ1v) is 5.22. The van der Waals surface area contributed by atoms with Crippen LogP contribution in [0.4, 0.5) is 0 Å². The normalized spacial score (nSPS) is 18.3. The number of hydrogen-bond donors (Lipinski definition) is 0. The van der Waals surface area contributed by atoms with Crippen molar-refractivity contribution in [2.45, 2.75) is 12.5 Å². The zero-order chi connectivity index (χ0) is 10.1. The summed E-state index contributed by atoms with van der Waals surface area (Å²) >= 11 is 0. The molecule has 0 aliphatic carbocycles. The smallest absolute Gasteiger partial charge is 0.128 e. The van der Waals surface area contributed by atoms with Gasteiger partial charge in [-0.15, -0.1) is 0 Å². The van der Waals surface area contributed by atoms with Gasteiger partial charge < -0.3 is 4.74 Å². The maximum atomic E-state index is 5.91. The Hall–Kier alpha value is -1.76. The minimum Gasteiger partial charge on any atom is -0.485 e. The molecule has 0 spiro atoms. The van der Waals surface area contributed by atoms with E-state index >= 15 is 0 Å². The van der Waals surface area contributed by atoms with Crippen LogP contribution in [0.5, 0.6) is 5.75 Å². The Bertz CT molecular complexity index is 420. The predicted molar refractivity (Wildman–Crippen MR) is 60.0 cm³/mol. The molecule has 2 heterocycles. The molecule has 2 aliphatic rings. The van der Waals surface area contributed by atoms with Crippen LogP contribution in [0.2, 0.25) is 0 Å². The van der Waals surface area contributed by atoms with E-state index in [0.29, 0.717) is 0 Å². The van der Waals surface area contributed by atoms with E-state index in [9.17, 15) is 0 Å². The number of benzene rings is 2. The summed E-state index contributed by atoms with van der Waals surface area (Å²) in [5.74, 6) is 0.963. The second kappa shape index (κ2) is 3.43. The monoisotopic (exact) mass is 196 g/mol. The van der Waals surface area contributed by atoms with Crippen molar-refractivity contribution in [2.75, 3.05) is 0 Å². The van der Waals surface area contributed by atoms with Gasteiger partial charge in [0.2, 0.25) is 0 Å². The maximum absolute atomic E-state index is 5.91. The molecule has 1 atom stereocenters. The molecule has 2 aromatic rings. The van der Waals surface area contributed by atoms with Gasteiger partial charge in [0.15, 0.2) is 0 Å². The van der Waals surface area contributed by atoms with E-state index in [4.69, 9.17) is 4.74 Å². The van der Waals surface area contributed by atoms with E-state index in [-0.39, 0.29) is 6.10 Å². The Morgan fingerprint density at radius 3 is 2.33 bits per heavy atom. The van der Waals surface area contributed by atoms with E-state index < -0.39 is 0 Å². The van der Waals surface area contributed by atoms with Crippen molar-refractivity contribution in [3.05, 3.63) is 65.7 Å². The molecular weight excluding hydrogens is 184 g/mol. The van der Waals surface area contributed by atoms with Crippen LogP contribution in [0.25, 0.3) is 0 Å². The van der Waals surface area contributed by atoms with Crippen molar-refractivity contribution >= 4 is 0 Å². The summed E-state index contributed by atoms with van der Waals surface area (Å²) in [6.07, 6.45) is 1.13. The molecule has 0 saturated carbocycles. The maximum Gasteiger partial charge on any atom is 0.128 e. The molecule has 2 aromatic carbocycles. The van der Waals surface area contributed by atoms with Crippen molar-refractivity contribution in [3.8, 4) is 5.75 Å². The number of fused-ring (bicyclic) bond motifs is 4. The highest BCUT2D eigenvalue weighted by Crippen LogP contribution is 2.29. The van der Waals surface area contributed by atoms with E-state index in [2.05, 4.69) is 36.4 Å². The van der Waals surface area contributed by atoms with Gasteiger partial charge in [0.25, 0.3) is 0 Å². The van der Waals surface area contributed by atoms with Crippen LogP contribution in [-0.4, -0.2) is 0 Å². The Kier molecular flexibility index (Phi) is 1.95. The van der Waals surface area contributed by atoms with Gasteiger partial charge in [-0.05, 0) is 23.3 Å². The van der Waals surface area contributed by atoms with Crippen LogP contribution < -0.4 is 4.74 Å². The number of hydrogen-bond acceptors (Lipinski definition) is 1. The van der Waals surface area contributed by atoms with Crippen LogP contribution >= 0.6 is 0 Å². The van der Waals surface area contributed by atoms with Crippen molar-refractivity contribution in [1.29, 1.82) is 0 Å². The molecule has 1 unspecified atom stereocenters. The largest absolute Gasteiger partial charge is 0.485 e. The molecule has 1 heteroatoms. The van der Waals surface area contributed by atoms with Crippen molar-refractivity contribution < 1.29 is 4.74 Å². The van der Waals surface area contributed by atoms with Gasteiger partial charge >= 0.3 is 0 Å². The molecule has 15 heavy (non-hydrogen) atoms. The summed E-state index contributed by atoms with van der Waals surface area (Å²) in [7, 11) is 0. The third kappa shape index (κ3) is 1.61. The minimum absolute atomic E-state index is 0.168. The van der Waals surface area contributed by atoms with Crippen molar-refractivity contribution in [1.82, 2.24) is 0 Å². The van der Waals surface area contributed by atoms with Crippen molar-refractivity contribution in [3.63, 3.8) is 0 Å². The lowest BCUT2D eigenvalue weighted by Gasteiger charge is -2.15. The Balaban J connectivity index is 1.96. The molecule has 0 N–H and O–H groups in total. The van der Waals surface area contributed by atoms with E-state index in [1.807, 2.05) is 18.2 Å². The first kappa shape index (κ1) is 8.54. The molecule has 0 fully saturated rings. The summed E-state index contributed by atoms with van der Waals surface area (Å²) in [4.78, 5) is 0. The fourth-order valence-corrected chi connectivity index (χ4v) is 1.98. The lowest BCUT2D eigenvalue weighted by Crippen LogP contribution is -2.07. The first-order chi connectivity index (χ1) is 7.42. The zero-order valence-corrected chi connectivity index (χ0v) is 8.39. The van der Waals surface area contributed by atoms with Crippen molar-refractivity contribution in [2.24, 2.45) is 0 Å². The predicted octanol–water partition coefficient (Wildman–Crippen LogP) is 3.36. The number of ether oxygens (including phenoxy) is 1. The molecular formula is C14H12O. The molecule has 2 aliphatic heterocycles. The SMILES string of the molecule is c1ccc(C2Cc3ccc(cc3)O2)cc1. The van der Waals surface area contributed by atoms with E-state index in [0.717, 1.165) is 12.2 Å². The average Bonchev–Trinajstić information content (AvgIpc) is 2.63. The fourth-order valence-electron chi connectivity index (χ4n) is 1.98. The minimum atomic E-state index is 0.168. The topological polar surface area (TPSA) is 9.23 Å². The van der Waals surface area contributed by atoms with Crippen LogP contribution in [0.15, 0.2) is 54.6 Å². The van der Waals surface area contributed by atoms with Gasteiger partial charge in [-0.25, -0.2) is 0 Å². The quantitative estimate of drug-likeness (QED) is 0.679. The second-order valence-corrected chi connectivity index (χ2v) is 3.87. The van der Waals surface area contributed by atoms with Gasteiger partial charge in [-0.3, -0.25) is 0 Å². The third-order valence-electron chi connectivity index (χ3n) is 2.79. The zero-order valence-electron chi connectivity index (χ0n) is 8.39. The molecule has 4 rings (SSSR count). The Morgan fingerprint density at radius 2 is 1.60 bits per heavy atom. The second-order valence-electron chi connectivity index (χ2n) is 3.87. The number of rotatable bonds is 1. The van der Waals surface area contributed by atoms with E-state index in [1.54, 1.807) is 0 Å². The highest BCUT2D eigenvalue weighted by molar-refractivity contribution is 5.33. The first-order valence-electron chi connectivity index (χ1n) is 5.22. The van der Waals surface area contributed by atoms with Gasteiger partial charge in [-0.1, -0.05) is 42.5 Å². The molecule has 1 nitrogen and oxygen atoms in total. The molecule has 2 bridgehead atoms. The highest BCUT2D eigenvalue weighted by Gasteiger charge is 2.17. The Morgan fingerprint density at radius 1 is 0.867 bits per heavy atom. The summed E-state index contributed by atoms with van der Waals surface area (Å²) in [5, 5.41) is 0. The van der Waals surface area contributed by atoms with Gasteiger partial charge in [0.05, 0.1) is 0 Å². The van der Waals surface area contributed by atoms with E-state index in [1.165, 1.54) is 11.1 Å². The fraction of sp³-hybridized carbons (Fsp3) is 0.143. The summed E-state index contributed by atoms with van der Waals surface area (Å²) in [5.41, 5.74) is 2.59. The summed E-state index contributed by atoms with van der Waals surface area (Å²) < 4.78 is 5.91. The molecule has 0 aromatic heterocycles. The van der Waals surface area contributed by atoms with Crippen LogP contribution in [0.3, 0.4) is 0 Å². The average molecular weight is 196 g/mol. The summed E-state index contributed by atoms with van der Waals surface area (Å²) in [6.45, 7) is 0. The molecule has 0 saturated heterocycles.